The minimum Gasteiger partial charge on any atom is -0.309 e. The molecule has 0 bridgehead atoms. The summed E-state index contributed by atoms with van der Waals surface area (Å²) in [6.07, 6.45) is 2.26. The van der Waals surface area contributed by atoms with E-state index in [0.29, 0.717) is 35.1 Å². The van der Waals surface area contributed by atoms with Gasteiger partial charge in [0.1, 0.15) is 5.65 Å². The molecule has 7 heteroatoms. The maximum absolute atomic E-state index is 12.9. The molecular formula is C21H20F3N3O. The fourth-order valence-electron chi connectivity index (χ4n) is 3.84. The summed E-state index contributed by atoms with van der Waals surface area (Å²) in [6.45, 7) is 0. The van der Waals surface area contributed by atoms with Crippen molar-refractivity contribution >= 4 is 17.4 Å². The van der Waals surface area contributed by atoms with Gasteiger partial charge in [-0.2, -0.15) is 13.2 Å². The summed E-state index contributed by atoms with van der Waals surface area (Å²) in [5.74, 6) is 0.656. The molecular weight excluding hydrogens is 367 g/mol. The van der Waals surface area contributed by atoms with E-state index in [1.807, 2.05) is 12.1 Å². The number of imidazole rings is 1. The molecule has 1 fully saturated rings. The molecule has 0 atom stereocenters. The Labute approximate surface area is 160 Å². The molecule has 1 saturated carbocycles. The van der Waals surface area contributed by atoms with Crippen molar-refractivity contribution in [2.75, 3.05) is 5.32 Å². The quantitative estimate of drug-likeness (QED) is 0.639. The standard InChI is InChI=1S/C21H20F3N3O/c22-21(23,24)16-10-8-15(9-11-16)19-20(25-17-7-3-4-12-27(17)19)26-18(28)13-14-5-1-2-6-14/h3-4,7-12,14H,1-2,5-6,13H2,(H,26,28). The van der Waals surface area contributed by atoms with Crippen LogP contribution in [0.3, 0.4) is 0 Å². The Morgan fingerprint density at radius 2 is 1.82 bits per heavy atom. The highest BCUT2D eigenvalue weighted by atomic mass is 19.4. The van der Waals surface area contributed by atoms with Gasteiger partial charge < -0.3 is 5.32 Å². The molecule has 4 nitrogen and oxygen atoms in total. The minimum absolute atomic E-state index is 0.108. The number of hydrogen-bond donors (Lipinski definition) is 1. The van der Waals surface area contributed by atoms with Gasteiger partial charge in [0, 0.05) is 18.2 Å². The lowest BCUT2D eigenvalue weighted by Crippen LogP contribution is -2.16. The van der Waals surface area contributed by atoms with E-state index in [1.54, 1.807) is 16.7 Å². The SMILES string of the molecule is O=C(CC1CCCC1)Nc1nc2ccccn2c1-c1ccc(C(F)(F)F)cc1. The predicted octanol–water partition coefficient (Wildman–Crippen LogP) is 5.54. The number of carbonyl (C=O) groups excluding carboxylic acids is 1. The first-order chi connectivity index (χ1) is 13.4. The van der Waals surface area contributed by atoms with Crippen molar-refractivity contribution in [3.63, 3.8) is 0 Å². The van der Waals surface area contributed by atoms with Crippen LogP contribution in [0.25, 0.3) is 16.9 Å². The lowest BCUT2D eigenvalue weighted by molar-refractivity contribution is -0.137. The average Bonchev–Trinajstić information content (AvgIpc) is 3.28. The molecule has 4 rings (SSSR count). The Morgan fingerprint density at radius 1 is 1.11 bits per heavy atom. The number of rotatable bonds is 4. The van der Waals surface area contributed by atoms with Crippen molar-refractivity contribution < 1.29 is 18.0 Å². The highest BCUT2D eigenvalue weighted by Crippen LogP contribution is 2.34. The van der Waals surface area contributed by atoms with Crippen molar-refractivity contribution in [2.45, 2.75) is 38.3 Å². The molecule has 1 aliphatic rings. The molecule has 0 unspecified atom stereocenters. The van der Waals surface area contributed by atoms with Crippen LogP contribution in [0.15, 0.2) is 48.7 Å². The molecule has 0 saturated heterocycles. The number of nitrogens with one attached hydrogen (secondary N) is 1. The fourth-order valence-corrected chi connectivity index (χ4v) is 3.84. The molecule has 2 heterocycles. The zero-order chi connectivity index (χ0) is 19.7. The smallest absolute Gasteiger partial charge is 0.309 e. The summed E-state index contributed by atoms with van der Waals surface area (Å²) in [5.41, 5.74) is 1.04. The number of halogens is 3. The average molecular weight is 387 g/mol. The van der Waals surface area contributed by atoms with Gasteiger partial charge in [-0.3, -0.25) is 9.20 Å². The normalized spacial score (nSPS) is 15.2. The molecule has 28 heavy (non-hydrogen) atoms. The largest absolute Gasteiger partial charge is 0.416 e. The first kappa shape index (κ1) is 18.5. The molecule has 0 radical (unpaired) electrons. The molecule has 0 aliphatic heterocycles. The molecule has 1 aliphatic carbocycles. The lowest BCUT2D eigenvalue weighted by Gasteiger charge is -2.11. The van der Waals surface area contributed by atoms with Crippen molar-refractivity contribution in [1.82, 2.24) is 9.38 Å². The van der Waals surface area contributed by atoms with Gasteiger partial charge in [0.15, 0.2) is 5.82 Å². The van der Waals surface area contributed by atoms with Gasteiger partial charge in [0.05, 0.1) is 11.3 Å². The first-order valence-corrected chi connectivity index (χ1v) is 9.36. The van der Waals surface area contributed by atoms with Crippen LogP contribution in [-0.4, -0.2) is 15.3 Å². The zero-order valence-electron chi connectivity index (χ0n) is 15.2. The van der Waals surface area contributed by atoms with E-state index in [1.165, 1.54) is 12.1 Å². The van der Waals surface area contributed by atoms with E-state index >= 15 is 0 Å². The van der Waals surface area contributed by atoms with Crippen molar-refractivity contribution in [1.29, 1.82) is 0 Å². The number of aromatic nitrogens is 2. The number of anilines is 1. The van der Waals surface area contributed by atoms with Crippen molar-refractivity contribution in [3.8, 4) is 11.3 Å². The number of pyridine rings is 1. The number of alkyl halides is 3. The van der Waals surface area contributed by atoms with Crippen LogP contribution in [0.4, 0.5) is 19.0 Å². The maximum Gasteiger partial charge on any atom is 0.416 e. The molecule has 1 aromatic carbocycles. The summed E-state index contributed by atoms with van der Waals surface area (Å²) < 4.78 is 40.4. The Balaban J connectivity index is 1.68. The summed E-state index contributed by atoms with van der Waals surface area (Å²) in [6, 6.07) is 10.3. The summed E-state index contributed by atoms with van der Waals surface area (Å²) >= 11 is 0. The molecule has 3 aromatic rings. The van der Waals surface area contributed by atoms with E-state index in [-0.39, 0.29) is 5.91 Å². The topological polar surface area (TPSA) is 46.4 Å². The third-order valence-electron chi connectivity index (χ3n) is 5.22. The molecule has 0 spiro atoms. The fraction of sp³-hybridized carbons (Fsp3) is 0.333. The van der Waals surface area contributed by atoms with Gasteiger partial charge in [-0.1, -0.05) is 31.0 Å². The van der Waals surface area contributed by atoms with Crippen molar-refractivity contribution in [3.05, 3.63) is 54.2 Å². The van der Waals surface area contributed by atoms with E-state index in [4.69, 9.17) is 0 Å². The van der Waals surface area contributed by atoms with E-state index in [9.17, 15) is 18.0 Å². The zero-order valence-corrected chi connectivity index (χ0v) is 15.2. The number of nitrogens with zero attached hydrogens (tertiary/aromatic N) is 2. The van der Waals surface area contributed by atoms with Crippen molar-refractivity contribution in [2.24, 2.45) is 5.92 Å². The summed E-state index contributed by atoms with van der Waals surface area (Å²) in [7, 11) is 0. The van der Waals surface area contributed by atoms with E-state index in [2.05, 4.69) is 10.3 Å². The van der Waals surface area contributed by atoms with E-state index in [0.717, 1.165) is 37.8 Å². The number of carbonyl (C=O) groups is 1. The number of fused-ring (bicyclic) bond motifs is 1. The third-order valence-corrected chi connectivity index (χ3v) is 5.22. The number of benzene rings is 1. The second-order valence-corrected chi connectivity index (χ2v) is 7.22. The third kappa shape index (κ3) is 3.74. The second kappa shape index (κ2) is 7.30. The van der Waals surface area contributed by atoms with Gasteiger partial charge in [0.25, 0.3) is 0 Å². The molecule has 2 aromatic heterocycles. The van der Waals surface area contributed by atoms with Crippen LogP contribution < -0.4 is 5.32 Å². The van der Waals surface area contributed by atoms with Crippen LogP contribution in [0.5, 0.6) is 0 Å². The Kier molecular flexibility index (Phi) is 4.83. The molecule has 1 amide bonds. The number of amides is 1. The van der Waals surface area contributed by atoms with Crippen LogP contribution in [0.2, 0.25) is 0 Å². The predicted molar refractivity (Wildman–Crippen MR) is 101 cm³/mol. The van der Waals surface area contributed by atoms with E-state index < -0.39 is 11.7 Å². The van der Waals surface area contributed by atoms with Gasteiger partial charge >= 0.3 is 6.18 Å². The Hall–Kier alpha value is -2.83. The van der Waals surface area contributed by atoms with Gasteiger partial charge in [-0.15, -0.1) is 0 Å². The first-order valence-electron chi connectivity index (χ1n) is 9.36. The summed E-state index contributed by atoms with van der Waals surface area (Å²) in [5, 5.41) is 2.88. The van der Waals surface area contributed by atoms with Crippen LogP contribution in [0.1, 0.15) is 37.7 Å². The Morgan fingerprint density at radius 3 is 2.50 bits per heavy atom. The molecule has 1 N–H and O–H groups in total. The van der Waals surface area contributed by atoms with Crippen LogP contribution >= 0.6 is 0 Å². The number of hydrogen-bond acceptors (Lipinski definition) is 2. The van der Waals surface area contributed by atoms with Gasteiger partial charge in [-0.25, -0.2) is 4.98 Å². The lowest BCUT2D eigenvalue weighted by atomic mass is 10.0. The maximum atomic E-state index is 12.9. The van der Waals surface area contributed by atoms with Crippen LogP contribution in [0, 0.1) is 5.92 Å². The summed E-state index contributed by atoms with van der Waals surface area (Å²) in [4.78, 5) is 17.0. The van der Waals surface area contributed by atoms with Gasteiger partial charge in [-0.05, 0) is 43.0 Å². The minimum atomic E-state index is -4.39. The molecule has 146 valence electrons. The van der Waals surface area contributed by atoms with Crippen LogP contribution in [-0.2, 0) is 11.0 Å². The monoisotopic (exact) mass is 387 g/mol. The van der Waals surface area contributed by atoms with Gasteiger partial charge in [0.2, 0.25) is 5.91 Å². The highest BCUT2D eigenvalue weighted by molar-refractivity contribution is 5.94. The Bertz CT molecular complexity index is 986. The second-order valence-electron chi connectivity index (χ2n) is 7.22. The highest BCUT2D eigenvalue weighted by Gasteiger charge is 2.30.